The largest absolute Gasteiger partial charge is 0.313 e. The van der Waals surface area contributed by atoms with E-state index in [0.29, 0.717) is 5.41 Å². The molecule has 0 bridgehead atoms. The fraction of sp³-hybridized carbons (Fsp3) is 1.00. The molecule has 2 heteroatoms. The summed E-state index contributed by atoms with van der Waals surface area (Å²) in [6.07, 6.45) is 4.24. The predicted octanol–water partition coefficient (Wildman–Crippen LogP) is 2.52. The second-order valence-corrected chi connectivity index (χ2v) is 6.37. The summed E-state index contributed by atoms with van der Waals surface area (Å²) < 4.78 is 0. The Hall–Kier alpha value is 0.310. The molecule has 0 aromatic rings. The summed E-state index contributed by atoms with van der Waals surface area (Å²) in [7, 11) is 0. The highest BCUT2D eigenvalue weighted by Gasteiger charge is 2.38. The van der Waals surface area contributed by atoms with Gasteiger partial charge in [0.15, 0.2) is 0 Å². The Balaban J connectivity index is 1.67. The Morgan fingerprint density at radius 2 is 2.23 bits per heavy atom. The Morgan fingerprint density at radius 3 is 2.69 bits per heavy atom. The molecule has 2 atom stereocenters. The maximum absolute atomic E-state index is 3.74. The van der Waals surface area contributed by atoms with Crippen LogP contribution in [0.5, 0.6) is 0 Å². The second kappa shape index (κ2) is 3.82. The van der Waals surface area contributed by atoms with Gasteiger partial charge in [0, 0.05) is 6.04 Å². The second-order valence-electron chi connectivity index (χ2n) is 5.22. The van der Waals surface area contributed by atoms with Gasteiger partial charge in [-0.1, -0.05) is 13.8 Å². The number of hydrogen-bond acceptors (Lipinski definition) is 2. The van der Waals surface area contributed by atoms with E-state index in [9.17, 15) is 0 Å². The number of nitrogens with one attached hydrogen (secondary N) is 1. The molecule has 0 radical (unpaired) electrons. The summed E-state index contributed by atoms with van der Waals surface area (Å²) in [6, 6.07) is 0.804. The molecule has 0 spiro atoms. The van der Waals surface area contributed by atoms with Crippen LogP contribution >= 0.6 is 11.8 Å². The molecule has 2 unspecified atom stereocenters. The average Bonchev–Trinajstić information content (AvgIpc) is 2.55. The first-order valence-corrected chi connectivity index (χ1v) is 6.65. The van der Waals surface area contributed by atoms with Gasteiger partial charge < -0.3 is 5.32 Å². The van der Waals surface area contributed by atoms with Crippen LogP contribution in [-0.2, 0) is 0 Å². The molecular formula is C11H21NS. The molecule has 1 saturated heterocycles. The minimum absolute atomic E-state index is 0.575. The summed E-state index contributed by atoms with van der Waals surface area (Å²) in [4.78, 5) is 0. The molecule has 76 valence electrons. The summed E-state index contributed by atoms with van der Waals surface area (Å²) in [5.74, 6) is 3.74. The fourth-order valence-corrected chi connectivity index (χ4v) is 3.58. The number of hydrogen-bond donors (Lipinski definition) is 1. The zero-order valence-corrected chi connectivity index (χ0v) is 9.62. The van der Waals surface area contributed by atoms with Crippen LogP contribution in [0.4, 0.5) is 0 Å². The van der Waals surface area contributed by atoms with Crippen LogP contribution in [0.25, 0.3) is 0 Å². The maximum Gasteiger partial charge on any atom is 0.0119 e. The molecule has 1 nitrogen and oxygen atoms in total. The smallest absolute Gasteiger partial charge is 0.0119 e. The van der Waals surface area contributed by atoms with Crippen molar-refractivity contribution in [2.75, 3.05) is 18.1 Å². The van der Waals surface area contributed by atoms with Gasteiger partial charge >= 0.3 is 0 Å². The van der Waals surface area contributed by atoms with E-state index in [1.54, 1.807) is 0 Å². The molecule has 1 aliphatic heterocycles. The summed E-state index contributed by atoms with van der Waals surface area (Å²) in [6.45, 7) is 6.04. The van der Waals surface area contributed by atoms with Gasteiger partial charge in [0.2, 0.25) is 0 Å². The fourth-order valence-electron chi connectivity index (χ4n) is 2.30. The van der Waals surface area contributed by atoms with E-state index in [4.69, 9.17) is 0 Å². The first-order valence-electron chi connectivity index (χ1n) is 5.49. The molecule has 1 N–H and O–H groups in total. The van der Waals surface area contributed by atoms with Gasteiger partial charge in [-0.25, -0.2) is 0 Å². The first-order chi connectivity index (χ1) is 6.18. The van der Waals surface area contributed by atoms with Crippen LogP contribution in [-0.4, -0.2) is 24.1 Å². The first kappa shape index (κ1) is 9.85. The third kappa shape index (κ3) is 2.21. The van der Waals surface area contributed by atoms with Crippen LogP contribution in [0.3, 0.4) is 0 Å². The molecule has 1 aliphatic carbocycles. The molecule has 0 aromatic carbocycles. The lowest BCUT2D eigenvalue weighted by Gasteiger charge is -2.45. The van der Waals surface area contributed by atoms with Crippen molar-refractivity contribution < 1.29 is 0 Å². The highest BCUT2D eigenvalue weighted by atomic mass is 32.2. The van der Waals surface area contributed by atoms with Crippen molar-refractivity contribution in [3.63, 3.8) is 0 Å². The van der Waals surface area contributed by atoms with Gasteiger partial charge in [0.25, 0.3) is 0 Å². The standard InChI is InChI=1S/C11H21NS/c1-11(2)5-3-10(11)12-7-9-4-6-13-8-9/h9-10,12H,3-8H2,1-2H3. The quantitative estimate of drug-likeness (QED) is 0.749. The lowest BCUT2D eigenvalue weighted by Crippen LogP contribution is -2.51. The third-order valence-electron chi connectivity index (χ3n) is 3.70. The van der Waals surface area contributed by atoms with Crippen LogP contribution in [0, 0.1) is 11.3 Å². The van der Waals surface area contributed by atoms with E-state index in [0.717, 1.165) is 12.0 Å². The predicted molar refractivity (Wildman–Crippen MR) is 60.2 cm³/mol. The third-order valence-corrected chi connectivity index (χ3v) is 4.93. The van der Waals surface area contributed by atoms with Crippen LogP contribution in [0.1, 0.15) is 33.1 Å². The van der Waals surface area contributed by atoms with Gasteiger partial charge in [0.05, 0.1) is 0 Å². The molecule has 2 aliphatic rings. The van der Waals surface area contributed by atoms with Crippen molar-refractivity contribution >= 4 is 11.8 Å². The van der Waals surface area contributed by atoms with Crippen LogP contribution in [0.2, 0.25) is 0 Å². The van der Waals surface area contributed by atoms with Gasteiger partial charge in [-0.15, -0.1) is 0 Å². The van der Waals surface area contributed by atoms with Crippen LogP contribution < -0.4 is 5.32 Å². The zero-order valence-electron chi connectivity index (χ0n) is 8.81. The zero-order chi connectivity index (χ0) is 9.31. The number of thioether (sulfide) groups is 1. The lowest BCUT2D eigenvalue weighted by atomic mass is 9.67. The van der Waals surface area contributed by atoms with E-state index < -0.39 is 0 Å². The molecule has 1 saturated carbocycles. The molecule has 2 fully saturated rings. The molecular weight excluding hydrogens is 178 g/mol. The van der Waals surface area contributed by atoms with E-state index in [2.05, 4.69) is 30.9 Å². The topological polar surface area (TPSA) is 12.0 Å². The molecule has 0 amide bonds. The molecule has 0 aromatic heterocycles. The number of rotatable bonds is 3. The Morgan fingerprint density at radius 1 is 1.38 bits per heavy atom. The van der Waals surface area contributed by atoms with E-state index in [1.807, 2.05) is 0 Å². The highest BCUT2D eigenvalue weighted by Crippen LogP contribution is 2.40. The van der Waals surface area contributed by atoms with Crippen molar-refractivity contribution in [2.24, 2.45) is 11.3 Å². The molecule has 2 rings (SSSR count). The Bertz CT molecular complexity index is 173. The van der Waals surface area contributed by atoms with Crippen molar-refractivity contribution in [1.82, 2.24) is 5.32 Å². The van der Waals surface area contributed by atoms with Crippen molar-refractivity contribution in [2.45, 2.75) is 39.2 Å². The SMILES string of the molecule is CC1(C)CCC1NCC1CCSC1. The monoisotopic (exact) mass is 199 g/mol. The summed E-state index contributed by atoms with van der Waals surface area (Å²) in [5.41, 5.74) is 0.575. The summed E-state index contributed by atoms with van der Waals surface area (Å²) >= 11 is 2.12. The van der Waals surface area contributed by atoms with E-state index in [1.165, 1.54) is 37.3 Å². The average molecular weight is 199 g/mol. The van der Waals surface area contributed by atoms with E-state index >= 15 is 0 Å². The van der Waals surface area contributed by atoms with Crippen molar-refractivity contribution in [3.8, 4) is 0 Å². The highest BCUT2D eigenvalue weighted by molar-refractivity contribution is 7.99. The Labute approximate surface area is 86.0 Å². The van der Waals surface area contributed by atoms with Gasteiger partial charge in [-0.2, -0.15) is 11.8 Å². The van der Waals surface area contributed by atoms with Crippen molar-refractivity contribution in [1.29, 1.82) is 0 Å². The molecule has 13 heavy (non-hydrogen) atoms. The minimum atomic E-state index is 0.575. The normalized spacial score (nSPS) is 37.4. The minimum Gasteiger partial charge on any atom is -0.313 e. The van der Waals surface area contributed by atoms with Crippen LogP contribution in [0.15, 0.2) is 0 Å². The van der Waals surface area contributed by atoms with Crippen molar-refractivity contribution in [3.05, 3.63) is 0 Å². The lowest BCUT2D eigenvalue weighted by molar-refractivity contribution is 0.106. The van der Waals surface area contributed by atoms with Gasteiger partial charge in [-0.05, 0) is 48.6 Å². The van der Waals surface area contributed by atoms with Gasteiger partial charge in [-0.3, -0.25) is 0 Å². The summed E-state index contributed by atoms with van der Waals surface area (Å²) in [5, 5.41) is 3.74. The Kier molecular flexibility index (Phi) is 2.89. The molecule has 1 heterocycles. The maximum atomic E-state index is 3.74. The van der Waals surface area contributed by atoms with Gasteiger partial charge in [0.1, 0.15) is 0 Å². The van der Waals surface area contributed by atoms with E-state index in [-0.39, 0.29) is 0 Å².